The van der Waals surface area contributed by atoms with Crippen LogP contribution in [0.15, 0.2) is 41.9 Å². The number of halogens is 1. The highest BCUT2D eigenvalue weighted by Crippen LogP contribution is 2.46. The summed E-state index contributed by atoms with van der Waals surface area (Å²) in [6, 6.07) is 8.09. The van der Waals surface area contributed by atoms with Crippen LogP contribution in [0.2, 0.25) is 5.02 Å². The highest BCUT2D eigenvalue weighted by atomic mass is 35.5. The summed E-state index contributed by atoms with van der Waals surface area (Å²) < 4.78 is 7.82. The Morgan fingerprint density at radius 3 is 2.76 bits per heavy atom. The molecule has 0 saturated heterocycles. The van der Waals surface area contributed by atoms with Crippen molar-refractivity contribution >= 4 is 23.3 Å². The van der Waals surface area contributed by atoms with Crippen molar-refractivity contribution < 1.29 is 14.6 Å². The Hall–Kier alpha value is -3.44. The lowest BCUT2D eigenvalue weighted by atomic mass is 9.76. The van der Waals surface area contributed by atoms with E-state index in [9.17, 15) is 15.2 Å². The molecule has 5 rings (SSSR count). The molecule has 38 heavy (non-hydrogen) atoms. The van der Waals surface area contributed by atoms with Crippen molar-refractivity contribution in [3.63, 3.8) is 0 Å². The van der Waals surface area contributed by atoms with E-state index in [1.165, 1.54) is 0 Å². The molecular weight excluding hydrogens is 502 g/mol. The molecule has 1 aliphatic heterocycles. The number of cyclic esters (lactones) is 1. The highest BCUT2D eigenvalue weighted by molar-refractivity contribution is 6.31. The molecule has 1 atom stereocenters. The molecule has 0 spiro atoms. The Morgan fingerprint density at radius 2 is 2.08 bits per heavy atom. The Labute approximate surface area is 227 Å². The van der Waals surface area contributed by atoms with Crippen molar-refractivity contribution in [2.75, 3.05) is 0 Å². The second-order valence-corrected chi connectivity index (χ2v) is 11.6. The van der Waals surface area contributed by atoms with E-state index >= 15 is 0 Å². The maximum atomic E-state index is 13.3. The van der Waals surface area contributed by atoms with Crippen molar-refractivity contribution in [3.8, 4) is 6.07 Å². The van der Waals surface area contributed by atoms with Gasteiger partial charge in [-0.2, -0.15) is 10.2 Å². The van der Waals surface area contributed by atoms with E-state index < -0.39 is 17.0 Å². The standard InChI is InChI=1S/C29H32ClN5O3/c1-18-15-32-27-33-25(34-35(27)16-18)13-21-24(36)14-29(38-26(21)37,20-6-4-5-7-20)11-10-19-8-9-22(23(30)12-19)28(2,3)17-31/h8-9,12,15-16,20,36H,4-7,10-11,13-14H2,1-3H3/t29-/m1/s1. The molecule has 9 heteroatoms. The molecule has 1 aliphatic carbocycles. The van der Waals surface area contributed by atoms with Gasteiger partial charge < -0.3 is 9.84 Å². The largest absolute Gasteiger partial charge is 0.512 e. The maximum Gasteiger partial charge on any atom is 0.338 e. The topological polar surface area (TPSA) is 113 Å². The first-order chi connectivity index (χ1) is 18.1. The number of rotatable bonds is 7. The molecule has 2 aromatic heterocycles. The van der Waals surface area contributed by atoms with Gasteiger partial charge in [-0.25, -0.2) is 14.3 Å². The van der Waals surface area contributed by atoms with Crippen LogP contribution in [0, 0.1) is 24.2 Å². The molecule has 1 aromatic carbocycles. The summed E-state index contributed by atoms with van der Waals surface area (Å²) in [4.78, 5) is 22.0. The molecule has 3 aromatic rings. The van der Waals surface area contributed by atoms with E-state index in [4.69, 9.17) is 16.3 Å². The average Bonchev–Trinajstić information content (AvgIpc) is 3.55. The number of aryl methyl sites for hydroxylation is 2. The van der Waals surface area contributed by atoms with Crippen molar-refractivity contribution in [2.24, 2.45) is 5.92 Å². The van der Waals surface area contributed by atoms with Gasteiger partial charge in [0, 0.05) is 30.3 Å². The number of carbonyl (C=O) groups excluding carboxylic acids is 1. The lowest BCUT2D eigenvalue weighted by molar-refractivity contribution is -0.167. The summed E-state index contributed by atoms with van der Waals surface area (Å²) in [6.07, 6.45) is 9.20. The fraction of sp³-hybridized carbons (Fsp3) is 0.483. The van der Waals surface area contributed by atoms with E-state index in [0.717, 1.165) is 42.4 Å². The summed E-state index contributed by atoms with van der Waals surface area (Å²) in [5.74, 6) is 0.582. The number of nitrogens with zero attached hydrogens (tertiary/aromatic N) is 5. The summed E-state index contributed by atoms with van der Waals surface area (Å²) in [6.45, 7) is 5.60. The number of fused-ring (bicyclic) bond motifs is 1. The number of ether oxygens (including phenoxy) is 1. The second kappa shape index (κ2) is 10.0. The van der Waals surface area contributed by atoms with Crippen LogP contribution in [0.25, 0.3) is 5.78 Å². The number of aliphatic hydroxyl groups is 1. The first kappa shape index (κ1) is 26.2. The van der Waals surface area contributed by atoms with Crippen LogP contribution in [-0.4, -0.2) is 36.3 Å². The molecule has 0 bridgehead atoms. The quantitative estimate of drug-likeness (QED) is 0.384. The summed E-state index contributed by atoms with van der Waals surface area (Å²) in [7, 11) is 0. The fourth-order valence-electron chi connectivity index (χ4n) is 5.78. The predicted molar refractivity (Wildman–Crippen MR) is 143 cm³/mol. The molecule has 0 unspecified atom stereocenters. The smallest absolute Gasteiger partial charge is 0.338 e. The van der Waals surface area contributed by atoms with E-state index in [1.807, 2.05) is 45.2 Å². The fourth-order valence-corrected chi connectivity index (χ4v) is 6.22. The van der Waals surface area contributed by atoms with Gasteiger partial charge in [0.05, 0.1) is 17.1 Å². The molecule has 1 saturated carbocycles. The zero-order chi connectivity index (χ0) is 27.1. The second-order valence-electron chi connectivity index (χ2n) is 11.2. The Morgan fingerprint density at radius 1 is 1.32 bits per heavy atom. The van der Waals surface area contributed by atoms with Crippen LogP contribution in [-0.2, 0) is 27.8 Å². The predicted octanol–water partition coefficient (Wildman–Crippen LogP) is 5.75. The van der Waals surface area contributed by atoms with Crippen molar-refractivity contribution in [1.29, 1.82) is 5.26 Å². The molecule has 0 amide bonds. The van der Waals surface area contributed by atoms with Gasteiger partial charge in [-0.3, -0.25) is 0 Å². The minimum absolute atomic E-state index is 0.0558. The lowest BCUT2D eigenvalue weighted by Crippen LogP contribution is -2.46. The monoisotopic (exact) mass is 533 g/mol. The number of esters is 1. The summed E-state index contributed by atoms with van der Waals surface area (Å²) in [5, 5.41) is 25.6. The van der Waals surface area contributed by atoms with Crippen molar-refractivity contribution in [1.82, 2.24) is 19.6 Å². The third kappa shape index (κ3) is 5.00. The zero-order valence-corrected chi connectivity index (χ0v) is 22.8. The normalized spacial score (nSPS) is 20.7. The third-order valence-corrected chi connectivity index (χ3v) is 8.29. The molecule has 0 radical (unpaired) electrons. The molecule has 2 aliphatic rings. The van der Waals surface area contributed by atoms with Crippen LogP contribution < -0.4 is 0 Å². The van der Waals surface area contributed by atoms with Gasteiger partial charge >= 0.3 is 5.97 Å². The number of aromatic nitrogens is 4. The number of nitriles is 1. The third-order valence-electron chi connectivity index (χ3n) is 7.98. The van der Waals surface area contributed by atoms with Crippen molar-refractivity contribution in [2.45, 2.75) is 83.2 Å². The van der Waals surface area contributed by atoms with Crippen LogP contribution in [0.3, 0.4) is 0 Å². The summed E-state index contributed by atoms with van der Waals surface area (Å²) >= 11 is 6.55. The lowest BCUT2D eigenvalue weighted by Gasteiger charge is -2.41. The van der Waals surface area contributed by atoms with E-state index in [2.05, 4.69) is 21.1 Å². The number of hydrogen-bond donors (Lipinski definition) is 1. The zero-order valence-electron chi connectivity index (χ0n) is 22.0. The number of benzene rings is 1. The molecule has 3 heterocycles. The van der Waals surface area contributed by atoms with E-state index in [1.54, 1.807) is 10.7 Å². The van der Waals surface area contributed by atoms with Gasteiger partial charge in [0.25, 0.3) is 5.78 Å². The van der Waals surface area contributed by atoms with Gasteiger partial charge in [0.15, 0.2) is 5.82 Å². The number of hydrogen-bond acceptors (Lipinski definition) is 7. The van der Waals surface area contributed by atoms with Gasteiger partial charge in [-0.1, -0.05) is 36.6 Å². The minimum Gasteiger partial charge on any atom is -0.512 e. The maximum absolute atomic E-state index is 13.3. The van der Waals surface area contributed by atoms with Gasteiger partial charge in [0.1, 0.15) is 11.4 Å². The van der Waals surface area contributed by atoms with Crippen molar-refractivity contribution in [3.05, 3.63) is 69.5 Å². The van der Waals surface area contributed by atoms with E-state index in [-0.39, 0.29) is 30.1 Å². The molecule has 8 nitrogen and oxygen atoms in total. The van der Waals surface area contributed by atoms with Crippen LogP contribution in [0.1, 0.15) is 74.9 Å². The van der Waals surface area contributed by atoms with Crippen LogP contribution >= 0.6 is 11.6 Å². The van der Waals surface area contributed by atoms with Gasteiger partial charge in [-0.15, -0.1) is 5.10 Å². The van der Waals surface area contributed by atoms with Crippen LogP contribution in [0.4, 0.5) is 0 Å². The molecule has 1 N–H and O–H groups in total. The Bertz CT molecular complexity index is 1460. The SMILES string of the molecule is Cc1cnc2nc(CC3=C(O)C[C@](CCc4ccc(C(C)(C)C#N)c(Cl)c4)(C4CCCC4)OC3=O)nn2c1. The summed E-state index contributed by atoms with van der Waals surface area (Å²) in [5.41, 5.74) is 1.49. The van der Waals surface area contributed by atoms with Gasteiger partial charge in [0.2, 0.25) is 0 Å². The average molecular weight is 534 g/mol. The Kier molecular flexibility index (Phi) is 6.91. The molecular formula is C29H32ClN5O3. The minimum atomic E-state index is -0.775. The molecule has 198 valence electrons. The molecule has 1 fully saturated rings. The van der Waals surface area contributed by atoms with Crippen LogP contribution in [0.5, 0.6) is 0 Å². The highest BCUT2D eigenvalue weighted by Gasteiger charge is 2.48. The Balaban J connectivity index is 1.38. The number of carbonyl (C=O) groups is 1. The first-order valence-corrected chi connectivity index (χ1v) is 13.5. The first-order valence-electron chi connectivity index (χ1n) is 13.1. The van der Waals surface area contributed by atoms with E-state index in [0.29, 0.717) is 29.5 Å². The number of aliphatic hydroxyl groups excluding tert-OH is 1. The van der Waals surface area contributed by atoms with Gasteiger partial charge in [-0.05, 0) is 75.1 Å².